The van der Waals surface area contributed by atoms with Crippen molar-refractivity contribution in [1.82, 2.24) is 5.32 Å². The number of nitriles is 1. The number of hydrogen-bond donors (Lipinski definition) is 1. The summed E-state index contributed by atoms with van der Waals surface area (Å²) in [6.45, 7) is 4.20. The van der Waals surface area contributed by atoms with Gasteiger partial charge >= 0.3 is 0 Å². The van der Waals surface area contributed by atoms with Gasteiger partial charge in [-0.3, -0.25) is 4.79 Å². The van der Waals surface area contributed by atoms with Crippen molar-refractivity contribution in [2.45, 2.75) is 25.9 Å². The Hall–Kier alpha value is -2.35. The van der Waals surface area contributed by atoms with Gasteiger partial charge < -0.3 is 10.2 Å². The zero-order valence-corrected chi connectivity index (χ0v) is 10.9. The van der Waals surface area contributed by atoms with Crippen molar-refractivity contribution in [3.05, 3.63) is 35.4 Å². The van der Waals surface area contributed by atoms with Crippen LogP contribution in [0.25, 0.3) is 0 Å². The first kappa shape index (κ1) is 13.1. The summed E-state index contributed by atoms with van der Waals surface area (Å²) < 4.78 is 0. The normalized spacial score (nSPS) is 21.2. The lowest BCUT2D eigenvalue weighted by Crippen LogP contribution is -2.40. The number of hydrogen-bond acceptors (Lipinski definition) is 4. The van der Waals surface area contributed by atoms with E-state index in [0.717, 1.165) is 5.71 Å². The van der Waals surface area contributed by atoms with Gasteiger partial charge in [0.05, 0.1) is 23.9 Å². The molecule has 1 aromatic carbocycles. The van der Waals surface area contributed by atoms with Gasteiger partial charge in [-0.15, -0.1) is 0 Å². The molecule has 1 N–H and O–H groups in total. The molecule has 1 aliphatic heterocycles. The zero-order chi connectivity index (χ0) is 13.9. The summed E-state index contributed by atoms with van der Waals surface area (Å²) >= 11 is 0. The van der Waals surface area contributed by atoms with Gasteiger partial charge in [0.1, 0.15) is 0 Å². The SMILES string of the molecule is CC1=NO[C@@](C)(CNC(=O)c2ccc(C#N)cc2)C1. The smallest absolute Gasteiger partial charge is 0.251 e. The first-order valence-electron chi connectivity index (χ1n) is 6.02. The molecular formula is C14H15N3O2. The first-order chi connectivity index (χ1) is 9.02. The maximum Gasteiger partial charge on any atom is 0.251 e. The minimum Gasteiger partial charge on any atom is -0.387 e. The van der Waals surface area contributed by atoms with E-state index in [1.165, 1.54) is 0 Å². The second-order valence-corrected chi connectivity index (χ2v) is 4.92. The molecule has 0 saturated heterocycles. The fourth-order valence-corrected chi connectivity index (χ4v) is 1.95. The maximum absolute atomic E-state index is 11.9. The highest BCUT2D eigenvalue weighted by Crippen LogP contribution is 2.22. The van der Waals surface area contributed by atoms with E-state index in [1.807, 2.05) is 19.9 Å². The number of rotatable bonds is 3. The van der Waals surface area contributed by atoms with Crippen LogP contribution >= 0.6 is 0 Å². The van der Waals surface area contributed by atoms with Gasteiger partial charge in [-0.1, -0.05) is 5.16 Å². The molecule has 0 fully saturated rings. The third kappa shape index (κ3) is 3.10. The summed E-state index contributed by atoms with van der Waals surface area (Å²) in [5.41, 5.74) is 1.52. The van der Waals surface area contributed by atoms with Crippen molar-refractivity contribution in [1.29, 1.82) is 5.26 Å². The molecule has 0 bridgehead atoms. The van der Waals surface area contributed by atoms with Crippen molar-refractivity contribution >= 4 is 11.6 Å². The quantitative estimate of drug-likeness (QED) is 0.897. The molecule has 19 heavy (non-hydrogen) atoms. The molecule has 5 heteroatoms. The highest BCUT2D eigenvalue weighted by atomic mass is 16.7. The van der Waals surface area contributed by atoms with Crippen LogP contribution in [0.2, 0.25) is 0 Å². The Morgan fingerprint density at radius 2 is 2.21 bits per heavy atom. The van der Waals surface area contributed by atoms with Gasteiger partial charge in [0.2, 0.25) is 0 Å². The fraction of sp³-hybridized carbons (Fsp3) is 0.357. The summed E-state index contributed by atoms with van der Waals surface area (Å²) in [6.07, 6.45) is 0.709. The Kier molecular flexibility index (Phi) is 3.52. The second-order valence-electron chi connectivity index (χ2n) is 4.92. The number of oxime groups is 1. The van der Waals surface area contributed by atoms with E-state index in [-0.39, 0.29) is 5.91 Å². The molecule has 1 aromatic rings. The lowest BCUT2D eigenvalue weighted by atomic mass is 10.0. The van der Waals surface area contributed by atoms with E-state index in [0.29, 0.717) is 24.1 Å². The Bertz CT molecular complexity index is 557. The van der Waals surface area contributed by atoms with Gasteiger partial charge in [0.15, 0.2) is 5.60 Å². The zero-order valence-electron chi connectivity index (χ0n) is 10.9. The fourth-order valence-electron chi connectivity index (χ4n) is 1.95. The predicted octanol–water partition coefficient (Wildman–Crippen LogP) is 1.84. The predicted molar refractivity (Wildman–Crippen MR) is 70.7 cm³/mol. The Balaban J connectivity index is 1.93. The molecule has 0 spiro atoms. The van der Waals surface area contributed by atoms with E-state index in [1.54, 1.807) is 24.3 Å². The highest BCUT2D eigenvalue weighted by Gasteiger charge is 2.32. The van der Waals surface area contributed by atoms with Crippen LogP contribution in [-0.2, 0) is 4.84 Å². The minimum atomic E-state index is -0.466. The standard InChI is InChI=1S/C14H15N3O2/c1-10-7-14(2,19-17-10)9-16-13(18)12-5-3-11(8-15)4-6-12/h3-6H,7,9H2,1-2H3,(H,16,18)/t14-/m1/s1. The molecular weight excluding hydrogens is 242 g/mol. The topological polar surface area (TPSA) is 74.5 Å². The summed E-state index contributed by atoms with van der Waals surface area (Å²) in [4.78, 5) is 17.2. The number of nitrogens with zero attached hydrogens (tertiary/aromatic N) is 2. The first-order valence-corrected chi connectivity index (χ1v) is 6.02. The molecule has 0 unspecified atom stereocenters. The monoisotopic (exact) mass is 257 g/mol. The molecule has 98 valence electrons. The van der Waals surface area contributed by atoms with Crippen LogP contribution in [0.1, 0.15) is 36.2 Å². The van der Waals surface area contributed by atoms with Crippen molar-refractivity contribution in [3.8, 4) is 6.07 Å². The van der Waals surface area contributed by atoms with E-state index in [2.05, 4.69) is 10.5 Å². The highest BCUT2D eigenvalue weighted by molar-refractivity contribution is 5.94. The van der Waals surface area contributed by atoms with E-state index in [4.69, 9.17) is 10.1 Å². The minimum absolute atomic E-state index is 0.182. The van der Waals surface area contributed by atoms with Crippen LogP contribution in [0.4, 0.5) is 0 Å². The van der Waals surface area contributed by atoms with Crippen LogP contribution in [0, 0.1) is 11.3 Å². The van der Waals surface area contributed by atoms with Crippen molar-refractivity contribution < 1.29 is 9.63 Å². The van der Waals surface area contributed by atoms with Crippen LogP contribution in [0.15, 0.2) is 29.4 Å². The molecule has 1 heterocycles. The van der Waals surface area contributed by atoms with Gasteiger partial charge in [0.25, 0.3) is 5.91 Å². The maximum atomic E-state index is 11.9. The third-order valence-corrected chi connectivity index (χ3v) is 2.95. The summed E-state index contributed by atoms with van der Waals surface area (Å²) in [5, 5.41) is 15.4. The van der Waals surface area contributed by atoms with E-state index < -0.39 is 5.60 Å². The number of carbonyl (C=O) groups excluding carboxylic acids is 1. The van der Waals surface area contributed by atoms with Gasteiger partial charge in [-0.05, 0) is 38.1 Å². The molecule has 1 atom stereocenters. The van der Waals surface area contributed by atoms with E-state index in [9.17, 15) is 4.79 Å². The lowest BCUT2D eigenvalue weighted by molar-refractivity contribution is -0.00181. The van der Waals surface area contributed by atoms with Crippen LogP contribution < -0.4 is 5.32 Å². The van der Waals surface area contributed by atoms with Gasteiger partial charge in [-0.2, -0.15) is 5.26 Å². The molecule has 2 rings (SSSR count). The summed E-state index contributed by atoms with van der Waals surface area (Å²) in [6, 6.07) is 8.52. The number of amides is 1. The molecule has 0 aromatic heterocycles. The molecule has 0 aliphatic carbocycles. The van der Waals surface area contributed by atoms with Gasteiger partial charge in [0, 0.05) is 12.0 Å². The molecule has 0 saturated carbocycles. The van der Waals surface area contributed by atoms with Crippen LogP contribution in [-0.4, -0.2) is 23.8 Å². The average Bonchev–Trinajstić information content (AvgIpc) is 2.76. The van der Waals surface area contributed by atoms with E-state index >= 15 is 0 Å². The third-order valence-electron chi connectivity index (χ3n) is 2.95. The second kappa shape index (κ2) is 5.11. The van der Waals surface area contributed by atoms with Crippen molar-refractivity contribution in [2.75, 3.05) is 6.54 Å². The summed E-state index contributed by atoms with van der Waals surface area (Å²) in [5.74, 6) is -0.182. The average molecular weight is 257 g/mol. The number of nitrogens with one attached hydrogen (secondary N) is 1. The number of carbonyl (C=O) groups is 1. The van der Waals surface area contributed by atoms with Crippen molar-refractivity contribution in [2.24, 2.45) is 5.16 Å². The Morgan fingerprint density at radius 1 is 1.53 bits per heavy atom. The van der Waals surface area contributed by atoms with Gasteiger partial charge in [-0.25, -0.2) is 0 Å². The van der Waals surface area contributed by atoms with Crippen LogP contribution in [0.3, 0.4) is 0 Å². The molecule has 1 amide bonds. The molecule has 1 aliphatic rings. The Labute approximate surface area is 111 Å². The lowest BCUT2D eigenvalue weighted by Gasteiger charge is -2.21. The summed E-state index contributed by atoms with van der Waals surface area (Å²) in [7, 11) is 0. The van der Waals surface area contributed by atoms with Crippen molar-refractivity contribution in [3.63, 3.8) is 0 Å². The largest absolute Gasteiger partial charge is 0.387 e. The molecule has 5 nitrogen and oxygen atoms in total. The molecule has 0 radical (unpaired) electrons. The number of benzene rings is 1. The Morgan fingerprint density at radius 3 is 2.74 bits per heavy atom. The van der Waals surface area contributed by atoms with Crippen LogP contribution in [0.5, 0.6) is 0 Å².